The van der Waals surface area contributed by atoms with E-state index in [0.717, 1.165) is 25.1 Å². The Kier molecular flexibility index (Phi) is 9.23. The Bertz CT molecular complexity index is 1310. The van der Waals surface area contributed by atoms with Gasteiger partial charge >= 0.3 is 0 Å². The Morgan fingerprint density at radius 1 is 1.02 bits per heavy atom. The number of rotatable bonds is 7. The Morgan fingerprint density at radius 2 is 1.71 bits per heavy atom. The van der Waals surface area contributed by atoms with Crippen molar-refractivity contribution in [2.24, 2.45) is 17.3 Å². The maximum absolute atomic E-state index is 13.8. The van der Waals surface area contributed by atoms with Crippen LogP contribution < -0.4 is 10.9 Å². The van der Waals surface area contributed by atoms with Crippen LogP contribution in [0, 0.1) is 17.3 Å². The number of amides is 2. The molecule has 2 amide bonds. The summed E-state index contributed by atoms with van der Waals surface area (Å²) < 4.78 is 1.51. The smallest absolute Gasteiger partial charge is 0.256 e. The number of likely N-dealkylation sites (tertiary alicyclic amines) is 1. The van der Waals surface area contributed by atoms with Crippen LogP contribution in [-0.2, 0) is 11.3 Å². The average Bonchev–Trinajstić information content (AvgIpc) is 3.00. The lowest BCUT2D eigenvalue weighted by Crippen LogP contribution is -2.61. The molecular weight excluding hydrogens is 528 g/mol. The van der Waals surface area contributed by atoms with E-state index in [-0.39, 0.29) is 29.8 Å². The van der Waals surface area contributed by atoms with Gasteiger partial charge in [-0.25, -0.2) is 0 Å². The Hall–Kier alpha value is -2.97. The minimum Gasteiger partial charge on any atom is -0.387 e. The minimum absolute atomic E-state index is 0.0261. The van der Waals surface area contributed by atoms with Gasteiger partial charge in [-0.15, -0.1) is 0 Å². The standard InChI is InChI=1S/C34H48N4O4/c1-25(20-26-10-6-4-7-11-26)31(40)37-17-14-34(42,33(2,3)23-37)24-38-22-29(32(41)36-18-15-35-16-19-36)28(21-30(38)39)27-12-8-5-9-13-27/h5,8-9,12-13,21-22,25-26,35,42H,4,6-7,10-11,14-20,23-24H2,1-3H3/t25?,34-/m1/s1. The zero-order valence-electron chi connectivity index (χ0n) is 25.6. The number of hydrogen-bond acceptors (Lipinski definition) is 5. The van der Waals surface area contributed by atoms with Crippen LogP contribution in [0.15, 0.2) is 47.4 Å². The van der Waals surface area contributed by atoms with E-state index in [1.165, 1.54) is 42.7 Å². The molecule has 1 aromatic heterocycles. The summed E-state index contributed by atoms with van der Waals surface area (Å²) >= 11 is 0. The Labute approximate surface area is 250 Å². The summed E-state index contributed by atoms with van der Waals surface area (Å²) in [4.78, 5) is 44.5. The molecule has 0 radical (unpaired) electrons. The highest BCUT2D eigenvalue weighted by Gasteiger charge is 2.49. The number of nitrogens with zero attached hydrogens (tertiary/aromatic N) is 3. The first-order valence-electron chi connectivity index (χ1n) is 15.9. The van der Waals surface area contributed by atoms with Crippen LogP contribution in [0.1, 0.15) is 76.1 Å². The van der Waals surface area contributed by atoms with Crippen LogP contribution in [0.25, 0.3) is 11.1 Å². The van der Waals surface area contributed by atoms with Crippen LogP contribution in [0.2, 0.25) is 0 Å². The molecule has 8 nitrogen and oxygen atoms in total. The first-order valence-corrected chi connectivity index (χ1v) is 15.9. The first-order chi connectivity index (χ1) is 20.1. The van der Waals surface area contributed by atoms with Gasteiger partial charge in [0.2, 0.25) is 5.91 Å². The van der Waals surface area contributed by atoms with E-state index in [4.69, 9.17) is 0 Å². The summed E-state index contributed by atoms with van der Waals surface area (Å²) in [5.74, 6) is 0.671. The maximum atomic E-state index is 13.8. The predicted octanol–water partition coefficient (Wildman–Crippen LogP) is 4.16. The van der Waals surface area contributed by atoms with E-state index >= 15 is 0 Å². The molecule has 2 N–H and O–H groups in total. The number of carbonyl (C=O) groups is 2. The second-order valence-electron chi connectivity index (χ2n) is 13.5. The Morgan fingerprint density at radius 3 is 2.38 bits per heavy atom. The quantitative estimate of drug-likeness (QED) is 0.516. The molecule has 3 aliphatic rings. The van der Waals surface area contributed by atoms with E-state index in [1.54, 1.807) is 6.20 Å². The molecule has 1 aliphatic carbocycles. The van der Waals surface area contributed by atoms with Crippen LogP contribution in [0.5, 0.6) is 0 Å². The summed E-state index contributed by atoms with van der Waals surface area (Å²) in [6.45, 7) is 9.63. The molecular formula is C34H48N4O4. The summed E-state index contributed by atoms with van der Waals surface area (Å²) in [5.41, 5.74) is -0.231. The third-order valence-corrected chi connectivity index (χ3v) is 10.1. The fourth-order valence-corrected chi connectivity index (χ4v) is 7.22. The summed E-state index contributed by atoms with van der Waals surface area (Å²) in [7, 11) is 0. The number of pyridine rings is 1. The molecule has 1 saturated carbocycles. The molecule has 3 fully saturated rings. The normalized spacial score (nSPS) is 23.9. The van der Waals surface area contributed by atoms with Gasteiger partial charge in [-0.2, -0.15) is 0 Å². The molecule has 2 saturated heterocycles. The van der Waals surface area contributed by atoms with Crippen molar-refractivity contribution in [1.82, 2.24) is 19.7 Å². The van der Waals surface area contributed by atoms with Gasteiger partial charge in [-0.1, -0.05) is 83.2 Å². The van der Waals surface area contributed by atoms with Crippen molar-refractivity contribution in [3.8, 4) is 11.1 Å². The third kappa shape index (κ3) is 6.50. The number of piperidine rings is 1. The topological polar surface area (TPSA) is 94.9 Å². The lowest BCUT2D eigenvalue weighted by molar-refractivity contribution is -0.157. The van der Waals surface area contributed by atoms with Crippen molar-refractivity contribution < 1.29 is 14.7 Å². The van der Waals surface area contributed by atoms with E-state index in [9.17, 15) is 19.5 Å². The predicted molar refractivity (Wildman–Crippen MR) is 165 cm³/mol. The molecule has 42 heavy (non-hydrogen) atoms. The van der Waals surface area contributed by atoms with Gasteiger partial charge in [-0.3, -0.25) is 14.4 Å². The zero-order chi connectivity index (χ0) is 29.9. The second-order valence-corrected chi connectivity index (χ2v) is 13.5. The lowest BCUT2D eigenvalue weighted by Gasteiger charge is -2.51. The van der Waals surface area contributed by atoms with Crippen molar-refractivity contribution in [2.45, 2.75) is 77.9 Å². The molecule has 8 heteroatoms. The van der Waals surface area contributed by atoms with Crippen molar-refractivity contribution in [3.05, 3.63) is 58.5 Å². The number of aliphatic hydroxyl groups is 1. The molecule has 1 aromatic carbocycles. The number of benzene rings is 1. The van der Waals surface area contributed by atoms with Crippen molar-refractivity contribution in [1.29, 1.82) is 0 Å². The lowest BCUT2D eigenvalue weighted by atomic mass is 9.69. The van der Waals surface area contributed by atoms with Gasteiger partial charge in [0.05, 0.1) is 17.7 Å². The molecule has 0 spiro atoms. The maximum Gasteiger partial charge on any atom is 0.256 e. The monoisotopic (exact) mass is 576 g/mol. The molecule has 228 valence electrons. The fraction of sp³-hybridized carbons (Fsp3) is 0.618. The molecule has 5 rings (SSSR count). The highest BCUT2D eigenvalue weighted by atomic mass is 16.3. The first kappa shape index (κ1) is 30.5. The molecule has 2 aromatic rings. The SMILES string of the molecule is CC(CC1CCCCC1)C(=O)N1CC[C@@](O)(Cn2cc(C(=O)N3CCNCC3)c(-c3ccccc3)cc2=O)C(C)(C)C1. The number of carbonyl (C=O) groups excluding carboxylic acids is 2. The third-order valence-electron chi connectivity index (χ3n) is 10.1. The summed E-state index contributed by atoms with van der Waals surface area (Å²) in [6.07, 6.45) is 9.24. The van der Waals surface area contributed by atoms with Crippen molar-refractivity contribution in [3.63, 3.8) is 0 Å². The molecule has 2 aliphatic heterocycles. The van der Waals surface area contributed by atoms with Crippen LogP contribution >= 0.6 is 0 Å². The number of piperazine rings is 1. The number of nitrogens with one attached hydrogen (secondary N) is 1. The zero-order valence-corrected chi connectivity index (χ0v) is 25.6. The van der Waals surface area contributed by atoms with E-state index in [1.807, 2.05) is 54.0 Å². The molecule has 1 unspecified atom stereocenters. The van der Waals surface area contributed by atoms with Crippen LogP contribution in [0.4, 0.5) is 0 Å². The van der Waals surface area contributed by atoms with E-state index < -0.39 is 11.0 Å². The highest BCUT2D eigenvalue weighted by molar-refractivity contribution is 6.00. The fourth-order valence-electron chi connectivity index (χ4n) is 7.22. The molecule has 2 atom stereocenters. The second kappa shape index (κ2) is 12.7. The van der Waals surface area contributed by atoms with Crippen molar-refractivity contribution >= 4 is 11.8 Å². The minimum atomic E-state index is -1.22. The van der Waals surface area contributed by atoms with Gasteiger partial charge in [0.25, 0.3) is 11.5 Å². The Balaban J connectivity index is 1.36. The number of hydrogen-bond donors (Lipinski definition) is 2. The average molecular weight is 577 g/mol. The molecule has 0 bridgehead atoms. The van der Waals surface area contributed by atoms with Gasteiger partial charge in [0, 0.05) is 68.4 Å². The number of aromatic nitrogens is 1. The summed E-state index contributed by atoms with van der Waals surface area (Å²) in [5, 5.41) is 15.3. The van der Waals surface area contributed by atoms with Crippen molar-refractivity contribution in [2.75, 3.05) is 39.3 Å². The molecule has 3 heterocycles. The van der Waals surface area contributed by atoms with Gasteiger partial charge in [0.1, 0.15) is 0 Å². The van der Waals surface area contributed by atoms with Crippen LogP contribution in [-0.4, -0.2) is 76.2 Å². The van der Waals surface area contributed by atoms with Gasteiger partial charge < -0.3 is 24.8 Å². The largest absolute Gasteiger partial charge is 0.387 e. The van der Waals surface area contributed by atoms with Gasteiger partial charge in [0.15, 0.2) is 0 Å². The summed E-state index contributed by atoms with van der Waals surface area (Å²) in [6, 6.07) is 11.1. The van der Waals surface area contributed by atoms with Gasteiger partial charge in [-0.05, 0) is 24.3 Å². The van der Waals surface area contributed by atoms with E-state index in [0.29, 0.717) is 49.6 Å². The highest BCUT2D eigenvalue weighted by Crippen LogP contribution is 2.41. The van der Waals surface area contributed by atoms with Crippen LogP contribution in [0.3, 0.4) is 0 Å². The van der Waals surface area contributed by atoms with E-state index in [2.05, 4.69) is 12.2 Å².